The number of rotatable bonds is 4. The van der Waals surface area contributed by atoms with Crippen LogP contribution in [0.25, 0.3) is 72.4 Å². The summed E-state index contributed by atoms with van der Waals surface area (Å²) in [4.78, 5) is 10.0. The topological polar surface area (TPSA) is 50.9 Å². The highest BCUT2D eigenvalue weighted by Crippen LogP contribution is 2.47. The lowest BCUT2D eigenvalue weighted by atomic mass is 9.98. The maximum Gasteiger partial charge on any atom is 0.140 e. The number of fused-ring (bicyclic) bond motifs is 7. The summed E-state index contributed by atoms with van der Waals surface area (Å²) in [5.74, 6) is 0.998. The smallest absolute Gasteiger partial charge is 0.140 e. The average molecular weight is 592 g/mol. The predicted molar refractivity (Wildman–Crippen MR) is 187 cm³/mol. The zero-order valence-corrected chi connectivity index (χ0v) is 25.3. The van der Waals surface area contributed by atoms with Crippen molar-refractivity contribution in [3.8, 4) is 56.3 Å². The van der Waals surface area contributed by atoms with Crippen LogP contribution in [-0.2, 0) is 6.42 Å². The van der Waals surface area contributed by atoms with Gasteiger partial charge in [-0.2, -0.15) is 0 Å². The molecule has 0 saturated heterocycles. The van der Waals surface area contributed by atoms with Crippen LogP contribution in [0.3, 0.4) is 0 Å². The van der Waals surface area contributed by atoms with Gasteiger partial charge in [0.05, 0.1) is 22.4 Å². The lowest BCUT2D eigenvalue weighted by Gasteiger charge is -2.12. The molecule has 218 valence electrons. The molecule has 0 atom stereocenters. The second-order valence-electron chi connectivity index (χ2n) is 12.0. The van der Waals surface area contributed by atoms with E-state index >= 15 is 0 Å². The Hall–Kier alpha value is -6.00. The summed E-state index contributed by atoms with van der Waals surface area (Å²) in [6, 6.07) is 46.0. The molecule has 4 nitrogen and oxygen atoms in total. The van der Waals surface area contributed by atoms with Crippen molar-refractivity contribution in [3.63, 3.8) is 0 Å². The first-order valence-corrected chi connectivity index (χ1v) is 15.6. The summed E-state index contributed by atoms with van der Waals surface area (Å²) in [6.07, 6.45) is 2.87. The normalized spacial score (nSPS) is 12.0. The van der Waals surface area contributed by atoms with E-state index in [0.29, 0.717) is 0 Å². The van der Waals surface area contributed by atoms with Crippen LogP contribution in [0.1, 0.15) is 16.7 Å². The molecule has 5 aromatic carbocycles. The highest BCUT2D eigenvalue weighted by Gasteiger charge is 2.26. The monoisotopic (exact) mass is 591 g/mol. The molecule has 0 spiro atoms. The Morgan fingerprint density at radius 1 is 0.630 bits per heavy atom. The van der Waals surface area contributed by atoms with E-state index in [2.05, 4.69) is 109 Å². The van der Waals surface area contributed by atoms with E-state index in [4.69, 9.17) is 9.97 Å². The Kier molecular flexibility index (Phi) is 5.90. The fourth-order valence-electron chi connectivity index (χ4n) is 7.16. The van der Waals surface area contributed by atoms with Crippen LogP contribution >= 0.6 is 0 Å². The zero-order valence-electron chi connectivity index (χ0n) is 25.3. The van der Waals surface area contributed by atoms with Crippen LogP contribution in [0.4, 0.5) is 0 Å². The molecule has 0 aliphatic heterocycles. The zero-order chi connectivity index (χ0) is 30.8. The second kappa shape index (κ2) is 10.3. The first kappa shape index (κ1) is 26.4. The summed E-state index contributed by atoms with van der Waals surface area (Å²) in [7, 11) is 0. The number of phenolic OH excluding ortho intramolecular Hbond substituents is 1. The van der Waals surface area contributed by atoms with Crippen molar-refractivity contribution in [1.82, 2.24) is 14.5 Å². The van der Waals surface area contributed by atoms with Gasteiger partial charge in [-0.05, 0) is 88.7 Å². The Morgan fingerprint density at radius 3 is 2.28 bits per heavy atom. The minimum absolute atomic E-state index is 0.239. The summed E-state index contributed by atoms with van der Waals surface area (Å²) in [6.45, 7) is 2.10. The first-order chi connectivity index (χ1) is 22.6. The number of hydrogen-bond donors (Lipinski definition) is 1. The number of aromatic nitrogens is 3. The molecule has 1 N–H and O–H groups in total. The van der Waals surface area contributed by atoms with Crippen LogP contribution < -0.4 is 0 Å². The number of hydrogen-bond acceptors (Lipinski definition) is 3. The number of para-hydroxylation sites is 1. The Bertz CT molecular complexity index is 2470. The fourth-order valence-corrected chi connectivity index (χ4v) is 7.16. The van der Waals surface area contributed by atoms with Gasteiger partial charge in [0, 0.05) is 28.1 Å². The van der Waals surface area contributed by atoms with E-state index in [0.717, 1.165) is 62.1 Å². The molecule has 4 heteroatoms. The number of nitrogens with zero attached hydrogens (tertiary/aromatic N) is 3. The molecule has 3 aromatic heterocycles. The summed E-state index contributed by atoms with van der Waals surface area (Å²) >= 11 is 0. The summed E-state index contributed by atoms with van der Waals surface area (Å²) in [5.41, 5.74) is 14.3. The minimum Gasteiger partial charge on any atom is -0.506 e. The molecule has 0 saturated carbocycles. The molecule has 8 aromatic rings. The molecule has 1 aliphatic carbocycles. The molecular weight excluding hydrogens is 562 g/mol. The lowest BCUT2D eigenvalue weighted by molar-refractivity contribution is 0.479. The van der Waals surface area contributed by atoms with Gasteiger partial charge < -0.3 is 5.11 Å². The van der Waals surface area contributed by atoms with Gasteiger partial charge in [-0.3, -0.25) is 9.55 Å². The van der Waals surface area contributed by atoms with Crippen molar-refractivity contribution in [2.24, 2.45) is 0 Å². The van der Waals surface area contributed by atoms with E-state index in [1.807, 2.05) is 36.5 Å². The Balaban J connectivity index is 1.19. The number of pyridine rings is 2. The van der Waals surface area contributed by atoms with Gasteiger partial charge in [-0.1, -0.05) is 97.1 Å². The van der Waals surface area contributed by atoms with E-state index in [1.165, 1.54) is 33.4 Å². The maximum atomic E-state index is 11.3. The largest absolute Gasteiger partial charge is 0.506 e. The second-order valence-corrected chi connectivity index (χ2v) is 12.0. The molecule has 0 radical (unpaired) electrons. The highest BCUT2D eigenvalue weighted by atomic mass is 16.3. The predicted octanol–water partition coefficient (Wildman–Crippen LogP) is 10.2. The van der Waals surface area contributed by atoms with Crippen molar-refractivity contribution in [2.45, 2.75) is 13.3 Å². The molecule has 0 unspecified atom stereocenters. The number of aryl methyl sites for hydroxylation is 1. The highest BCUT2D eigenvalue weighted by molar-refractivity contribution is 6.18. The quantitative estimate of drug-likeness (QED) is 0.222. The van der Waals surface area contributed by atoms with E-state index in [9.17, 15) is 5.11 Å². The van der Waals surface area contributed by atoms with Crippen LogP contribution in [0.2, 0.25) is 0 Å². The van der Waals surface area contributed by atoms with Gasteiger partial charge in [0.1, 0.15) is 11.6 Å². The van der Waals surface area contributed by atoms with Crippen molar-refractivity contribution in [2.75, 3.05) is 0 Å². The lowest BCUT2D eigenvalue weighted by Crippen LogP contribution is -1.99. The summed E-state index contributed by atoms with van der Waals surface area (Å²) < 4.78 is 2.11. The molecule has 3 heterocycles. The Morgan fingerprint density at radius 2 is 1.39 bits per heavy atom. The number of phenols is 1. The molecule has 46 heavy (non-hydrogen) atoms. The molecule has 1 aliphatic rings. The van der Waals surface area contributed by atoms with Gasteiger partial charge in [0.15, 0.2) is 0 Å². The van der Waals surface area contributed by atoms with Gasteiger partial charge in [-0.25, -0.2) is 4.98 Å². The van der Waals surface area contributed by atoms with Crippen molar-refractivity contribution < 1.29 is 5.11 Å². The SMILES string of the molecule is Cc1cnc(-c2cccc(-c3cccc(-n4c5ccc6c(c5c5cccc(O)c54)-c4ccccc4C6)n3)c2)cc1-c1ccccc1. The van der Waals surface area contributed by atoms with Crippen molar-refractivity contribution in [3.05, 3.63) is 156 Å². The molecule has 0 bridgehead atoms. The molecule has 0 fully saturated rings. The van der Waals surface area contributed by atoms with Crippen LogP contribution in [0.5, 0.6) is 5.75 Å². The third-order valence-corrected chi connectivity index (χ3v) is 9.29. The third kappa shape index (κ3) is 4.07. The number of benzene rings is 5. The fraction of sp³-hybridized carbons (Fsp3) is 0.0476. The van der Waals surface area contributed by atoms with Crippen molar-refractivity contribution in [1.29, 1.82) is 0 Å². The average Bonchev–Trinajstić information content (AvgIpc) is 3.65. The minimum atomic E-state index is 0.239. The van der Waals surface area contributed by atoms with E-state index in [1.54, 1.807) is 6.07 Å². The Labute approximate surface area is 266 Å². The van der Waals surface area contributed by atoms with Gasteiger partial charge in [0.2, 0.25) is 0 Å². The molecular formula is C42H29N3O. The van der Waals surface area contributed by atoms with E-state index in [-0.39, 0.29) is 5.75 Å². The van der Waals surface area contributed by atoms with Crippen LogP contribution in [-0.4, -0.2) is 19.6 Å². The van der Waals surface area contributed by atoms with Gasteiger partial charge >= 0.3 is 0 Å². The van der Waals surface area contributed by atoms with Gasteiger partial charge in [0.25, 0.3) is 0 Å². The summed E-state index contributed by atoms with van der Waals surface area (Å²) in [5, 5.41) is 13.5. The first-order valence-electron chi connectivity index (χ1n) is 15.6. The molecule has 0 amide bonds. The maximum absolute atomic E-state index is 11.3. The van der Waals surface area contributed by atoms with Crippen molar-refractivity contribution >= 4 is 21.8 Å². The van der Waals surface area contributed by atoms with Crippen LogP contribution in [0.15, 0.2) is 140 Å². The van der Waals surface area contributed by atoms with E-state index < -0.39 is 0 Å². The van der Waals surface area contributed by atoms with Gasteiger partial charge in [-0.15, -0.1) is 0 Å². The molecule has 9 rings (SSSR count). The third-order valence-electron chi connectivity index (χ3n) is 9.29. The number of aromatic hydroxyl groups is 1. The standard InChI is InChI=1S/C42H29N3O/c1-26-25-43-36(24-34(26)27-10-3-2-4-11-27)30-14-7-13-29(23-30)35-17-9-19-39(44-35)45-37-21-20-31-22-28-12-5-6-15-32(28)40(31)41(37)33-16-8-18-38(46)42(33)45/h2-21,23-25,46H,22H2,1H3. The van der Waals surface area contributed by atoms with Crippen LogP contribution in [0, 0.1) is 6.92 Å².